The molecule has 1 amide bonds. The molecule has 174 valence electrons. The van der Waals surface area contributed by atoms with Gasteiger partial charge in [0.05, 0.1) is 11.7 Å². The Morgan fingerprint density at radius 3 is 2.67 bits per heavy atom. The molecule has 2 aliphatic rings. The maximum atomic E-state index is 14.7. The number of benzene rings is 1. The van der Waals surface area contributed by atoms with Gasteiger partial charge in [0.25, 0.3) is 0 Å². The summed E-state index contributed by atoms with van der Waals surface area (Å²) in [5, 5.41) is 4.33. The zero-order valence-electron chi connectivity index (χ0n) is 18.4. The smallest absolute Gasteiger partial charge is 0.239 e. The molecule has 33 heavy (non-hydrogen) atoms. The Hall–Kier alpha value is -2.78. The van der Waals surface area contributed by atoms with Crippen molar-refractivity contribution >= 4 is 34.6 Å². The summed E-state index contributed by atoms with van der Waals surface area (Å²) < 4.78 is 16.2. The van der Waals surface area contributed by atoms with E-state index in [0.717, 1.165) is 18.4 Å². The molecule has 1 saturated heterocycles. The van der Waals surface area contributed by atoms with Gasteiger partial charge in [-0.15, -0.1) is 0 Å². The summed E-state index contributed by atoms with van der Waals surface area (Å²) in [7, 11) is 0. The molecule has 1 aromatic carbocycles. The van der Waals surface area contributed by atoms with Crippen LogP contribution in [0.3, 0.4) is 0 Å². The molecule has 0 radical (unpaired) electrons. The maximum absolute atomic E-state index is 14.7. The fraction of sp³-hybridized carbons (Fsp3) is 0.417. The quantitative estimate of drug-likeness (QED) is 0.637. The summed E-state index contributed by atoms with van der Waals surface area (Å²) in [5.74, 6) is -0.830. The molecular weight excluding hydrogens is 443 g/mol. The lowest BCUT2D eigenvalue weighted by atomic mass is 9.93. The van der Waals surface area contributed by atoms with E-state index in [0.29, 0.717) is 30.8 Å². The number of piperidine rings is 1. The third-order valence-electron chi connectivity index (χ3n) is 5.91. The Labute approximate surface area is 196 Å². The summed E-state index contributed by atoms with van der Waals surface area (Å²) in [4.78, 5) is 38.3. The van der Waals surface area contributed by atoms with Crippen molar-refractivity contribution in [1.29, 1.82) is 0 Å². The average molecular weight is 471 g/mol. The van der Waals surface area contributed by atoms with Crippen LogP contribution < -0.4 is 5.73 Å². The number of halogens is 1. The molecular formula is C24H27FN4O3S. The highest BCUT2D eigenvalue weighted by atomic mass is 32.2. The van der Waals surface area contributed by atoms with Crippen LogP contribution in [0.15, 0.2) is 42.1 Å². The zero-order chi connectivity index (χ0) is 23.5. The molecule has 2 atom stereocenters. The first-order valence-electron chi connectivity index (χ1n) is 11.0. The second-order valence-corrected chi connectivity index (χ2v) is 9.96. The van der Waals surface area contributed by atoms with Crippen molar-refractivity contribution in [3.8, 4) is 0 Å². The molecule has 7 nitrogen and oxygen atoms in total. The molecule has 2 aromatic rings. The van der Waals surface area contributed by atoms with Crippen LogP contribution in [0.25, 0.3) is 6.08 Å². The van der Waals surface area contributed by atoms with E-state index in [1.165, 1.54) is 29.4 Å². The normalized spacial score (nSPS) is 21.2. The van der Waals surface area contributed by atoms with Crippen molar-refractivity contribution in [3.05, 3.63) is 59.2 Å². The van der Waals surface area contributed by atoms with Crippen LogP contribution in [-0.2, 0) is 20.9 Å². The Kier molecular flexibility index (Phi) is 7.09. The molecule has 1 aliphatic heterocycles. The minimum absolute atomic E-state index is 0.0123. The van der Waals surface area contributed by atoms with Gasteiger partial charge in [0, 0.05) is 42.9 Å². The highest BCUT2D eigenvalue weighted by molar-refractivity contribution is 8.14. The highest BCUT2D eigenvalue weighted by Gasteiger charge is 2.41. The Bertz CT molecular complexity index is 1090. The molecule has 1 aromatic heterocycles. The van der Waals surface area contributed by atoms with Crippen LogP contribution >= 0.6 is 11.8 Å². The highest BCUT2D eigenvalue weighted by Crippen LogP contribution is 2.40. The number of ketones is 1. The van der Waals surface area contributed by atoms with Crippen LogP contribution in [0.4, 0.5) is 4.39 Å². The molecule has 4 rings (SSSR count). The van der Waals surface area contributed by atoms with Gasteiger partial charge in [-0.2, -0.15) is 5.10 Å². The summed E-state index contributed by atoms with van der Waals surface area (Å²) in [5.41, 5.74) is 7.22. The summed E-state index contributed by atoms with van der Waals surface area (Å²) in [6.45, 7) is 2.52. The monoisotopic (exact) mass is 470 g/mol. The maximum Gasteiger partial charge on any atom is 0.239 e. The first-order valence-corrected chi connectivity index (χ1v) is 11.9. The van der Waals surface area contributed by atoms with Crippen LogP contribution in [0.5, 0.6) is 0 Å². The molecule has 0 spiro atoms. The number of aromatic nitrogens is 2. The lowest BCUT2D eigenvalue weighted by Gasteiger charge is -2.38. The average Bonchev–Trinajstić information content (AvgIpc) is 3.52. The number of amides is 1. The number of hydrogen-bond donors (Lipinski definition) is 1. The molecule has 1 aliphatic carbocycles. The third-order valence-corrected chi connectivity index (χ3v) is 7.07. The number of likely N-dealkylation sites (tertiary alicyclic amines) is 1. The van der Waals surface area contributed by atoms with Gasteiger partial charge in [-0.1, -0.05) is 30.0 Å². The fourth-order valence-corrected chi connectivity index (χ4v) is 5.21. The van der Waals surface area contributed by atoms with Crippen LogP contribution in [-0.4, -0.2) is 49.8 Å². The van der Waals surface area contributed by atoms with Crippen LogP contribution in [0.2, 0.25) is 0 Å². The first kappa shape index (κ1) is 23.4. The minimum Gasteiger partial charge on any atom is -0.368 e. The molecule has 9 heteroatoms. The van der Waals surface area contributed by atoms with Crippen molar-refractivity contribution in [3.63, 3.8) is 0 Å². The van der Waals surface area contributed by atoms with Crippen molar-refractivity contribution in [2.75, 3.05) is 13.1 Å². The van der Waals surface area contributed by atoms with E-state index < -0.39 is 11.9 Å². The molecule has 0 bridgehead atoms. The molecule has 2 fully saturated rings. The number of nitrogens with zero attached hydrogens (tertiary/aromatic N) is 3. The first-order chi connectivity index (χ1) is 15.8. The lowest BCUT2D eigenvalue weighted by molar-refractivity contribution is -0.126. The van der Waals surface area contributed by atoms with E-state index in [1.807, 2.05) is 11.0 Å². The standard InChI is InChI=1S/C24H27FN4O3S/c1-15(30)33-21-9-10-28(13-17(21)12-18-8-11-29(27-18)14-22(26)31)23(24(32)16-6-7-16)19-4-2-3-5-20(19)25/h2-5,8,11-12,16,21,23H,6-7,9-10,13-14H2,1H3,(H2,26,31)/b17-12+. The number of Topliss-reactive ketones (excluding diaryl/α,β-unsaturated/α-hetero) is 1. The van der Waals surface area contributed by atoms with E-state index in [1.54, 1.807) is 30.5 Å². The zero-order valence-corrected chi connectivity index (χ0v) is 19.3. The number of primary amides is 1. The third kappa shape index (κ3) is 5.78. The number of rotatable bonds is 8. The Morgan fingerprint density at radius 2 is 2.00 bits per heavy atom. The number of hydrogen-bond acceptors (Lipinski definition) is 6. The summed E-state index contributed by atoms with van der Waals surface area (Å²) in [6, 6.07) is 7.58. The lowest BCUT2D eigenvalue weighted by Crippen LogP contribution is -2.43. The van der Waals surface area contributed by atoms with Gasteiger partial charge in [-0.05, 0) is 43.0 Å². The molecule has 2 heterocycles. The predicted molar refractivity (Wildman–Crippen MR) is 125 cm³/mol. The summed E-state index contributed by atoms with van der Waals surface area (Å²) in [6.07, 6.45) is 5.91. The van der Waals surface area contributed by atoms with E-state index in [-0.39, 0.29) is 34.4 Å². The number of carbonyl (C=O) groups excluding carboxylic acids is 3. The predicted octanol–water partition coefficient (Wildman–Crippen LogP) is 2.97. The van der Waals surface area contributed by atoms with Gasteiger partial charge in [0.2, 0.25) is 5.91 Å². The second-order valence-electron chi connectivity index (χ2n) is 8.58. The number of carbonyl (C=O) groups is 3. The SMILES string of the molecule is CC(=O)SC1CCN(C(C(=O)C2CC2)c2ccccc2F)C/C1=C\c1ccn(CC(N)=O)n1. The molecule has 2 unspecified atom stereocenters. The van der Waals surface area contributed by atoms with Gasteiger partial charge in [0.15, 0.2) is 10.9 Å². The Balaban J connectivity index is 1.64. The van der Waals surface area contributed by atoms with Crippen molar-refractivity contribution in [2.45, 2.75) is 44.0 Å². The van der Waals surface area contributed by atoms with Crippen molar-refractivity contribution < 1.29 is 18.8 Å². The van der Waals surface area contributed by atoms with Crippen molar-refractivity contribution in [1.82, 2.24) is 14.7 Å². The van der Waals surface area contributed by atoms with Gasteiger partial charge < -0.3 is 5.73 Å². The van der Waals surface area contributed by atoms with Gasteiger partial charge in [-0.25, -0.2) is 4.39 Å². The fourth-order valence-electron chi connectivity index (χ4n) is 4.29. The number of thioether (sulfide) groups is 1. The van der Waals surface area contributed by atoms with Gasteiger partial charge in [-0.3, -0.25) is 24.0 Å². The van der Waals surface area contributed by atoms with E-state index in [2.05, 4.69) is 5.10 Å². The van der Waals surface area contributed by atoms with E-state index in [4.69, 9.17) is 5.73 Å². The van der Waals surface area contributed by atoms with Crippen LogP contribution in [0, 0.1) is 11.7 Å². The Morgan fingerprint density at radius 1 is 1.24 bits per heavy atom. The van der Waals surface area contributed by atoms with Crippen LogP contribution in [0.1, 0.15) is 43.5 Å². The van der Waals surface area contributed by atoms with E-state index in [9.17, 15) is 18.8 Å². The molecule has 2 N–H and O–H groups in total. The van der Waals surface area contributed by atoms with Gasteiger partial charge in [0.1, 0.15) is 12.4 Å². The minimum atomic E-state index is -0.655. The largest absolute Gasteiger partial charge is 0.368 e. The summed E-state index contributed by atoms with van der Waals surface area (Å²) >= 11 is 1.26. The topological polar surface area (TPSA) is 98.3 Å². The van der Waals surface area contributed by atoms with E-state index >= 15 is 0 Å². The molecule has 1 saturated carbocycles. The van der Waals surface area contributed by atoms with Gasteiger partial charge >= 0.3 is 0 Å². The second kappa shape index (κ2) is 10.0. The van der Waals surface area contributed by atoms with Crippen molar-refractivity contribution in [2.24, 2.45) is 11.7 Å². The number of nitrogens with two attached hydrogens (primary N) is 1.